The lowest BCUT2D eigenvalue weighted by atomic mass is 10.3. The first kappa shape index (κ1) is 11.1. The highest BCUT2D eigenvalue weighted by Crippen LogP contribution is 2.18. The first-order chi connectivity index (χ1) is 7.84. The number of nitrogens with one attached hydrogen (secondary N) is 1. The van der Waals surface area contributed by atoms with Crippen LogP contribution in [0.25, 0.3) is 0 Å². The highest BCUT2D eigenvalue weighted by molar-refractivity contribution is 8.02. The summed E-state index contributed by atoms with van der Waals surface area (Å²) in [5.41, 5.74) is 0.816. The molecule has 0 fully saturated rings. The molecule has 3 nitrogen and oxygen atoms in total. The highest BCUT2D eigenvalue weighted by atomic mass is 32.2. The maximum atomic E-state index is 11.6. The molecule has 1 aliphatic rings. The van der Waals surface area contributed by atoms with Crippen LogP contribution in [0.1, 0.15) is 6.42 Å². The molecule has 1 N–H and O–H groups in total. The van der Waals surface area contributed by atoms with Crippen molar-refractivity contribution in [2.45, 2.75) is 6.42 Å². The van der Waals surface area contributed by atoms with Crippen LogP contribution in [0, 0.1) is 0 Å². The summed E-state index contributed by atoms with van der Waals surface area (Å²) in [6, 6.07) is 9.42. The number of para-hydroxylation sites is 1. The van der Waals surface area contributed by atoms with E-state index in [4.69, 9.17) is 4.74 Å². The van der Waals surface area contributed by atoms with Gasteiger partial charge in [-0.05, 0) is 12.1 Å². The van der Waals surface area contributed by atoms with Crippen LogP contribution in [0.3, 0.4) is 0 Å². The summed E-state index contributed by atoms with van der Waals surface area (Å²) < 4.78 is 5.37. The zero-order valence-corrected chi connectivity index (χ0v) is 9.63. The Morgan fingerprint density at radius 2 is 2.19 bits per heavy atom. The number of thioether (sulfide) groups is 1. The van der Waals surface area contributed by atoms with Crippen molar-refractivity contribution in [2.75, 3.05) is 17.7 Å². The van der Waals surface area contributed by atoms with E-state index in [-0.39, 0.29) is 5.91 Å². The Labute approximate surface area is 98.9 Å². The van der Waals surface area contributed by atoms with Gasteiger partial charge in [-0.25, -0.2) is 0 Å². The predicted octanol–water partition coefficient (Wildman–Crippen LogP) is 2.62. The highest BCUT2D eigenvalue weighted by Gasteiger charge is 2.10. The van der Waals surface area contributed by atoms with E-state index in [1.807, 2.05) is 35.7 Å². The fourth-order valence-corrected chi connectivity index (χ4v) is 2.02. The molecule has 84 valence electrons. The largest absolute Gasteiger partial charge is 0.496 e. The second kappa shape index (κ2) is 5.61. The van der Waals surface area contributed by atoms with Crippen molar-refractivity contribution in [1.29, 1.82) is 0 Å². The predicted molar refractivity (Wildman–Crippen MR) is 66.2 cm³/mol. The van der Waals surface area contributed by atoms with E-state index in [0.29, 0.717) is 13.0 Å². The molecule has 1 aromatic rings. The topological polar surface area (TPSA) is 38.3 Å². The molecule has 1 aliphatic heterocycles. The Kier molecular flexibility index (Phi) is 3.88. The number of carbonyl (C=O) groups excluding carboxylic acids is 1. The van der Waals surface area contributed by atoms with E-state index in [9.17, 15) is 4.79 Å². The molecule has 1 amide bonds. The van der Waals surface area contributed by atoms with Crippen molar-refractivity contribution in [3.8, 4) is 0 Å². The quantitative estimate of drug-likeness (QED) is 0.875. The van der Waals surface area contributed by atoms with Crippen LogP contribution in [0.5, 0.6) is 0 Å². The van der Waals surface area contributed by atoms with Crippen LogP contribution >= 0.6 is 11.8 Å². The van der Waals surface area contributed by atoms with Crippen LogP contribution in [0.4, 0.5) is 5.69 Å². The van der Waals surface area contributed by atoms with E-state index < -0.39 is 0 Å². The van der Waals surface area contributed by atoms with E-state index in [1.54, 1.807) is 11.8 Å². The summed E-state index contributed by atoms with van der Waals surface area (Å²) in [5, 5.41) is 4.73. The molecule has 0 aliphatic carbocycles. The van der Waals surface area contributed by atoms with Crippen molar-refractivity contribution in [1.82, 2.24) is 0 Å². The van der Waals surface area contributed by atoms with Gasteiger partial charge in [0.15, 0.2) is 0 Å². The third kappa shape index (κ3) is 3.31. The van der Waals surface area contributed by atoms with E-state index in [0.717, 1.165) is 17.2 Å². The molecule has 4 heteroatoms. The molecule has 1 heterocycles. The summed E-state index contributed by atoms with van der Waals surface area (Å²) in [7, 11) is 0. The molecular weight excluding hydrogens is 222 g/mol. The van der Waals surface area contributed by atoms with Gasteiger partial charge in [0.05, 0.1) is 13.0 Å². The molecule has 0 aromatic heterocycles. The van der Waals surface area contributed by atoms with Crippen LogP contribution in [-0.2, 0) is 9.53 Å². The molecule has 0 saturated carbocycles. The Morgan fingerprint density at radius 3 is 2.88 bits per heavy atom. The lowest BCUT2D eigenvalue weighted by Crippen LogP contribution is -2.14. The average molecular weight is 235 g/mol. The SMILES string of the molecule is O=C(CC1=CSCCO1)Nc1ccccc1. The average Bonchev–Trinajstić information content (AvgIpc) is 2.31. The van der Waals surface area contributed by atoms with Crippen molar-refractivity contribution >= 4 is 23.4 Å². The van der Waals surface area contributed by atoms with E-state index in [2.05, 4.69) is 5.32 Å². The lowest BCUT2D eigenvalue weighted by Gasteiger charge is -2.14. The minimum absolute atomic E-state index is 0.0417. The summed E-state index contributed by atoms with van der Waals surface area (Å²) in [4.78, 5) is 11.6. The molecule has 1 aromatic carbocycles. The van der Waals surface area contributed by atoms with Crippen molar-refractivity contribution in [3.63, 3.8) is 0 Å². The number of rotatable bonds is 3. The lowest BCUT2D eigenvalue weighted by molar-refractivity contribution is -0.116. The van der Waals surface area contributed by atoms with Gasteiger partial charge in [0, 0.05) is 16.8 Å². The second-order valence-electron chi connectivity index (χ2n) is 3.39. The van der Waals surface area contributed by atoms with Crippen LogP contribution in [-0.4, -0.2) is 18.3 Å². The van der Waals surface area contributed by atoms with Crippen molar-refractivity contribution in [3.05, 3.63) is 41.5 Å². The maximum Gasteiger partial charge on any atom is 0.231 e. The van der Waals surface area contributed by atoms with Crippen LogP contribution in [0.2, 0.25) is 0 Å². The van der Waals surface area contributed by atoms with Gasteiger partial charge >= 0.3 is 0 Å². The first-order valence-corrected chi connectivity index (χ1v) is 6.18. The number of anilines is 1. The summed E-state index contributed by atoms with van der Waals surface area (Å²) in [5.74, 6) is 1.67. The van der Waals surface area contributed by atoms with Gasteiger partial charge in [0.25, 0.3) is 0 Å². The Morgan fingerprint density at radius 1 is 1.38 bits per heavy atom. The molecule has 0 unspecified atom stereocenters. The summed E-state index contributed by atoms with van der Waals surface area (Å²) in [6.45, 7) is 0.690. The molecule has 0 atom stereocenters. The standard InChI is InChI=1S/C12H13NO2S/c14-12(8-11-9-16-7-6-15-11)13-10-4-2-1-3-5-10/h1-5,9H,6-8H2,(H,13,14). The minimum atomic E-state index is -0.0417. The van der Waals surface area contributed by atoms with Crippen molar-refractivity contribution in [2.24, 2.45) is 0 Å². The first-order valence-electron chi connectivity index (χ1n) is 5.13. The maximum absolute atomic E-state index is 11.6. The van der Waals surface area contributed by atoms with Gasteiger partial charge in [0.2, 0.25) is 5.91 Å². The molecule has 0 bridgehead atoms. The fraction of sp³-hybridized carbons (Fsp3) is 0.250. The zero-order valence-electron chi connectivity index (χ0n) is 8.81. The van der Waals surface area contributed by atoms with Gasteiger partial charge in [0.1, 0.15) is 5.76 Å². The second-order valence-corrected chi connectivity index (χ2v) is 4.37. The van der Waals surface area contributed by atoms with Gasteiger partial charge < -0.3 is 10.1 Å². The number of benzene rings is 1. The Balaban J connectivity index is 1.87. The Bertz CT molecular complexity index is 389. The zero-order chi connectivity index (χ0) is 11.2. The van der Waals surface area contributed by atoms with E-state index >= 15 is 0 Å². The van der Waals surface area contributed by atoms with Gasteiger partial charge in [-0.15, -0.1) is 11.8 Å². The van der Waals surface area contributed by atoms with Crippen molar-refractivity contribution < 1.29 is 9.53 Å². The summed E-state index contributed by atoms with van der Waals surface area (Å²) in [6.07, 6.45) is 0.307. The number of carbonyl (C=O) groups is 1. The summed E-state index contributed by atoms with van der Waals surface area (Å²) >= 11 is 1.68. The third-order valence-corrected chi connectivity index (χ3v) is 2.93. The fourth-order valence-electron chi connectivity index (χ4n) is 1.38. The molecule has 0 radical (unpaired) electrons. The number of amides is 1. The molecule has 16 heavy (non-hydrogen) atoms. The number of hydrogen-bond acceptors (Lipinski definition) is 3. The molecule has 0 saturated heterocycles. The van der Waals surface area contributed by atoms with Gasteiger partial charge in [-0.3, -0.25) is 4.79 Å². The number of hydrogen-bond donors (Lipinski definition) is 1. The minimum Gasteiger partial charge on any atom is -0.496 e. The van der Waals surface area contributed by atoms with Gasteiger partial charge in [-0.1, -0.05) is 18.2 Å². The van der Waals surface area contributed by atoms with Gasteiger partial charge in [-0.2, -0.15) is 0 Å². The molecular formula is C12H13NO2S. The van der Waals surface area contributed by atoms with Crippen LogP contribution < -0.4 is 5.32 Å². The number of ether oxygens (including phenoxy) is 1. The normalized spacial score (nSPS) is 14.9. The van der Waals surface area contributed by atoms with Crippen LogP contribution in [0.15, 0.2) is 41.5 Å². The Hall–Kier alpha value is -1.42. The monoisotopic (exact) mass is 235 g/mol. The molecule has 2 rings (SSSR count). The third-order valence-electron chi connectivity index (χ3n) is 2.10. The smallest absolute Gasteiger partial charge is 0.231 e. The molecule has 0 spiro atoms. The van der Waals surface area contributed by atoms with E-state index in [1.165, 1.54) is 0 Å².